The van der Waals surface area contributed by atoms with Gasteiger partial charge in [-0.05, 0) is 26.3 Å². The van der Waals surface area contributed by atoms with Gasteiger partial charge in [0, 0.05) is 31.6 Å². The standard InChI is InChI=1S/C20H26N2O6/c1-19(2,3)28-18(26)22-12-20(13-22)11-21(9-15(20)16(23)24)17(25)27-10-14-7-5-4-6-8-14/h4-8,15H,9-13H2,1-3H3,(H,23,24). The minimum atomic E-state index is -0.970. The maximum absolute atomic E-state index is 12.4. The van der Waals surface area contributed by atoms with Crippen LogP contribution in [-0.2, 0) is 20.9 Å². The van der Waals surface area contributed by atoms with E-state index >= 15 is 0 Å². The number of rotatable bonds is 3. The van der Waals surface area contributed by atoms with Crippen molar-refractivity contribution in [1.29, 1.82) is 0 Å². The van der Waals surface area contributed by atoms with Crippen LogP contribution in [0, 0.1) is 11.3 Å². The minimum Gasteiger partial charge on any atom is -0.481 e. The Morgan fingerprint density at radius 1 is 1.07 bits per heavy atom. The zero-order chi connectivity index (χ0) is 20.5. The molecule has 1 aromatic carbocycles. The van der Waals surface area contributed by atoms with Gasteiger partial charge < -0.3 is 24.4 Å². The molecule has 2 amide bonds. The van der Waals surface area contributed by atoms with E-state index in [4.69, 9.17) is 9.47 Å². The Balaban J connectivity index is 1.60. The van der Waals surface area contributed by atoms with Crippen molar-refractivity contribution in [3.8, 4) is 0 Å². The average molecular weight is 390 g/mol. The summed E-state index contributed by atoms with van der Waals surface area (Å²) in [5, 5.41) is 9.62. The molecule has 1 atom stereocenters. The molecule has 2 fully saturated rings. The topological polar surface area (TPSA) is 96.4 Å². The lowest BCUT2D eigenvalue weighted by atomic mass is 9.72. The number of carbonyl (C=O) groups is 3. The second-order valence-corrected chi connectivity index (χ2v) is 8.51. The Bertz CT molecular complexity index is 752. The molecular formula is C20H26N2O6. The Morgan fingerprint density at radius 2 is 1.68 bits per heavy atom. The molecule has 0 bridgehead atoms. The third-order valence-corrected chi connectivity index (χ3v) is 5.07. The average Bonchev–Trinajstić information content (AvgIpc) is 2.99. The van der Waals surface area contributed by atoms with Crippen molar-refractivity contribution in [2.24, 2.45) is 11.3 Å². The zero-order valence-corrected chi connectivity index (χ0v) is 16.4. The highest BCUT2D eigenvalue weighted by Gasteiger charge is 2.59. The fraction of sp³-hybridized carbons (Fsp3) is 0.550. The van der Waals surface area contributed by atoms with E-state index in [9.17, 15) is 19.5 Å². The summed E-state index contributed by atoms with van der Waals surface area (Å²) >= 11 is 0. The van der Waals surface area contributed by atoms with Crippen LogP contribution in [0.15, 0.2) is 30.3 Å². The van der Waals surface area contributed by atoms with Crippen molar-refractivity contribution in [3.05, 3.63) is 35.9 Å². The lowest BCUT2D eigenvalue weighted by molar-refractivity contribution is -0.149. The normalized spacial score (nSPS) is 20.6. The van der Waals surface area contributed by atoms with Crippen LogP contribution in [0.5, 0.6) is 0 Å². The monoisotopic (exact) mass is 390 g/mol. The zero-order valence-electron chi connectivity index (χ0n) is 16.4. The molecule has 2 heterocycles. The molecule has 1 N–H and O–H groups in total. The molecule has 8 heteroatoms. The SMILES string of the molecule is CC(C)(C)OC(=O)N1CC2(CN(C(=O)OCc3ccccc3)CC2C(=O)O)C1. The van der Waals surface area contributed by atoms with Crippen LogP contribution in [-0.4, -0.2) is 64.8 Å². The highest BCUT2D eigenvalue weighted by Crippen LogP contribution is 2.44. The number of hydrogen-bond acceptors (Lipinski definition) is 5. The van der Waals surface area contributed by atoms with Gasteiger partial charge in [-0.3, -0.25) is 4.79 Å². The number of carboxylic acid groups (broad SMARTS) is 1. The Kier molecular flexibility index (Phi) is 5.23. The van der Waals surface area contributed by atoms with Gasteiger partial charge in [-0.1, -0.05) is 30.3 Å². The van der Waals surface area contributed by atoms with E-state index in [0.717, 1.165) is 5.56 Å². The third-order valence-electron chi connectivity index (χ3n) is 5.07. The number of hydrogen-bond donors (Lipinski definition) is 1. The fourth-order valence-electron chi connectivity index (χ4n) is 3.75. The first-order valence-corrected chi connectivity index (χ1v) is 9.26. The van der Waals surface area contributed by atoms with E-state index in [1.165, 1.54) is 9.80 Å². The maximum Gasteiger partial charge on any atom is 0.410 e. The number of nitrogens with zero attached hydrogens (tertiary/aromatic N) is 2. The van der Waals surface area contributed by atoms with Gasteiger partial charge in [0.15, 0.2) is 0 Å². The van der Waals surface area contributed by atoms with Gasteiger partial charge in [-0.2, -0.15) is 0 Å². The van der Waals surface area contributed by atoms with Crippen molar-refractivity contribution in [1.82, 2.24) is 9.80 Å². The number of aliphatic carboxylic acids is 1. The molecule has 2 saturated heterocycles. The van der Waals surface area contributed by atoms with Gasteiger partial charge in [0.05, 0.1) is 5.92 Å². The first-order valence-electron chi connectivity index (χ1n) is 9.26. The molecule has 1 aromatic rings. The van der Waals surface area contributed by atoms with E-state index in [2.05, 4.69) is 0 Å². The van der Waals surface area contributed by atoms with Gasteiger partial charge in [0.25, 0.3) is 0 Å². The highest BCUT2D eigenvalue weighted by atomic mass is 16.6. The molecular weight excluding hydrogens is 364 g/mol. The Morgan fingerprint density at radius 3 is 2.25 bits per heavy atom. The summed E-state index contributed by atoms with van der Waals surface area (Å²) in [6, 6.07) is 9.29. The van der Waals surface area contributed by atoms with Crippen LogP contribution < -0.4 is 0 Å². The van der Waals surface area contributed by atoms with E-state index in [1.807, 2.05) is 30.3 Å². The first kappa shape index (κ1) is 20.0. The number of carbonyl (C=O) groups excluding carboxylic acids is 2. The van der Waals surface area contributed by atoms with Gasteiger partial charge >= 0.3 is 18.2 Å². The minimum absolute atomic E-state index is 0.0745. The van der Waals surface area contributed by atoms with Crippen molar-refractivity contribution < 1.29 is 29.0 Å². The second kappa shape index (κ2) is 7.33. The van der Waals surface area contributed by atoms with Crippen LogP contribution in [0.1, 0.15) is 26.3 Å². The predicted molar refractivity (Wildman–Crippen MR) is 99.6 cm³/mol. The second-order valence-electron chi connectivity index (χ2n) is 8.51. The van der Waals surface area contributed by atoms with Crippen LogP contribution in [0.4, 0.5) is 9.59 Å². The van der Waals surface area contributed by atoms with Gasteiger partial charge in [-0.15, -0.1) is 0 Å². The fourth-order valence-corrected chi connectivity index (χ4v) is 3.75. The summed E-state index contributed by atoms with van der Waals surface area (Å²) in [6.45, 7) is 6.29. The smallest absolute Gasteiger partial charge is 0.410 e. The summed E-state index contributed by atoms with van der Waals surface area (Å²) in [5.74, 6) is -1.71. The van der Waals surface area contributed by atoms with Gasteiger partial charge in [-0.25, -0.2) is 9.59 Å². The molecule has 1 spiro atoms. The molecule has 2 aliphatic heterocycles. The van der Waals surface area contributed by atoms with Gasteiger partial charge in [0.2, 0.25) is 0 Å². The highest BCUT2D eigenvalue weighted by molar-refractivity contribution is 5.77. The van der Waals surface area contributed by atoms with Crippen LogP contribution in [0.3, 0.4) is 0 Å². The summed E-state index contributed by atoms with van der Waals surface area (Å²) in [4.78, 5) is 39.3. The predicted octanol–water partition coefficient (Wildman–Crippen LogP) is 2.58. The molecule has 3 rings (SSSR count). The maximum atomic E-state index is 12.4. The molecule has 0 aromatic heterocycles. The van der Waals surface area contributed by atoms with Crippen LogP contribution in [0.2, 0.25) is 0 Å². The molecule has 8 nitrogen and oxygen atoms in total. The van der Waals surface area contributed by atoms with Gasteiger partial charge in [0.1, 0.15) is 12.2 Å². The Labute approximate surface area is 164 Å². The van der Waals surface area contributed by atoms with Crippen molar-refractivity contribution >= 4 is 18.2 Å². The van der Waals surface area contributed by atoms with Crippen LogP contribution >= 0.6 is 0 Å². The number of ether oxygens (including phenoxy) is 2. The molecule has 0 aliphatic carbocycles. The summed E-state index contributed by atoms with van der Waals surface area (Å²) in [7, 11) is 0. The van der Waals surface area contributed by atoms with E-state index in [-0.39, 0.29) is 32.8 Å². The largest absolute Gasteiger partial charge is 0.481 e. The van der Waals surface area contributed by atoms with Crippen LogP contribution in [0.25, 0.3) is 0 Å². The number of likely N-dealkylation sites (tertiary alicyclic amines) is 2. The number of carboxylic acids is 1. The van der Waals surface area contributed by atoms with E-state index < -0.39 is 35.1 Å². The summed E-state index contributed by atoms with van der Waals surface area (Å²) in [6.07, 6.45) is -1.00. The number of amides is 2. The summed E-state index contributed by atoms with van der Waals surface area (Å²) in [5.41, 5.74) is -0.414. The third kappa shape index (κ3) is 4.21. The van der Waals surface area contributed by atoms with Crippen molar-refractivity contribution in [2.75, 3.05) is 26.2 Å². The molecule has 2 aliphatic rings. The van der Waals surface area contributed by atoms with E-state index in [1.54, 1.807) is 20.8 Å². The quantitative estimate of drug-likeness (QED) is 0.852. The molecule has 0 radical (unpaired) electrons. The van der Waals surface area contributed by atoms with Crippen molar-refractivity contribution in [2.45, 2.75) is 33.0 Å². The van der Waals surface area contributed by atoms with Crippen molar-refractivity contribution in [3.63, 3.8) is 0 Å². The molecule has 152 valence electrons. The molecule has 0 saturated carbocycles. The summed E-state index contributed by atoms with van der Waals surface area (Å²) < 4.78 is 10.7. The molecule has 28 heavy (non-hydrogen) atoms. The van der Waals surface area contributed by atoms with E-state index in [0.29, 0.717) is 0 Å². The molecule has 1 unspecified atom stereocenters. The number of benzene rings is 1. The Hall–Kier alpha value is -2.77. The first-order chi connectivity index (χ1) is 13.1. The lowest BCUT2D eigenvalue weighted by Crippen LogP contribution is -2.63. The lowest BCUT2D eigenvalue weighted by Gasteiger charge is -2.49.